The molecule has 0 atom stereocenters. The van der Waals surface area contributed by atoms with Crippen LogP contribution < -0.4 is 39.2 Å². The van der Waals surface area contributed by atoms with E-state index >= 15 is 0 Å². The van der Waals surface area contributed by atoms with Crippen LogP contribution in [0.2, 0.25) is 0 Å². The van der Waals surface area contributed by atoms with Gasteiger partial charge in [-0.25, -0.2) is 17.2 Å². The van der Waals surface area contributed by atoms with Crippen molar-refractivity contribution in [3.05, 3.63) is 51.0 Å². The molecule has 0 saturated carbocycles. The molecule has 12 heteroatoms. The van der Waals surface area contributed by atoms with Crippen molar-refractivity contribution in [3.8, 4) is 0 Å². The smallest absolute Gasteiger partial charge is 0.528 e. The Labute approximate surface area is 220 Å². The molecule has 1 amide bonds. The molecule has 8 nitrogen and oxygen atoms in total. The van der Waals surface area contributed by atoms with E-state index in [1.165, 1.54) is 39.3 Å². The molecule has 1 aromatic heterocycles. The summed E-state index contributed by atoms with van der Waals surface area (Å²) < 4.78 is 56.9. The molecule has 180 valence electrons. The maximum absolute atomic E-state index is 13.1. The number of aryl methyl sites for hydroxylation is 3. The summed E-state index contributed by atoms with van der Waals surface area (Å²) in [5, 5.41) is 6.48. The number of fused-ring (bicyclic) bond motifs is 2. The Bertz CT molecular complexity index is 1110. The van der Waals surface area contributed by atoms with Gasteiger partial charge in [0.2, 0.25) is 0 Å². The number of carbonyl (C=O) groups excluding carboxylic acids is 1. The van der Waals surface area contributed by atoms with Crippen molar-refractivity contribution in [2.45, 2.75) is 51.4 Å². The fourth-order valence-electron chi connectivity index (χ4n) is 4.82. The maximum atomic E-state index is 13.1. The fourth-order valence-corrected chi connectivity index (χ4v) is 5.92. The Hall–Kier alpha value is -1.53. The van der Waals surface area contributed by atoms with E-state index in [0.717, 1.165) is 48.4 Å². The van der Waals surface area contributed by atoms with Crippen LogP contribution in [0.3, 0.4) is 0 Å². The van der Waals surface area contributed by atoms with E-state index in [-0.39, 0.29) is 54.8 Å². The summed E-state index contributed by atoms with van der Waals surface area (Å²) in [5.74, 6) is -0.723. The Kier molecular flexibility index (Phi) is 9.13. The van der Waals surface area contributed by atoms with Crippen molar-refractivity contribution >= 4 is 21.8 Å². The number of nitrogens with zero attached hydrogens (tertiary/aromatic N) is 4. The molecule has 0 radical (unpaired) electrons. The summed E-state index contributed by atoms with van der Waals surface area (Å²) >= 11 is 0. The van der Waals surface area contributed by atoms with Crippen LogP contribution in [0.5, 0.6) is 0 Å². The van der Waals surface area contributed by atoms with Crippen LogP contribution in [0.4, 0.5) is 14.5 Å². The van der Waals surface area contributed by atoms with Gasteiger partial charge in [-0.2, -0.15) is 5.10 Å². The van der Waals surface area contributed by atoms with Gasteiger partial charge in [-0.1, -0.05) is 6.07 Å². The molecule has 4 rings (SSSR count). The van der Waals surface area contributed by atoms with Crippen molar-refractivity contribution in [1.29, 1.82) is 0 Å². The van der Waals surface area contributed by atoms with E-state index in [2.05, 4.69) is 21.2 Å². The predicted octanol–water partition coefficient (Wildman–Crippen LogP) is -0.550. The average Bonchev–Trinajstić information content (AvgIpc) is 3.47. The van der Waals surface area contributed by atoms with Gasteiger partial charge in [0.1, 0.15) is 0 Å². The number of alkyl halides is 2. The number of amides is 1. The molecule has 34 heavy (non-hydrogen) atoms. The molecular weight excluding hydrogens is 475 g/mol. The largest absolute Gasteiger partial charge is 1.00 e. The van der Waals surface area contributed by atoms with E-state index < -0.39 is 29.1 Å². The first-order valence-corrected chi connectivity index (χ1v) is 12.6. The van der Waals surface area contributed by atoms with Gasteiger partial charge in [-0.15, -0.1) is 0 Å². The zero-order valence-electron chi connectivity index (χ0n) is 19.6. The number of benzene rings is 1. The molecule has 0 aliphatic heterocycles. The van der Waals surface area contributed by atoms with E-state index in [0.29, 0.717) is 0 Å². The number of rotatable bonds is 10. The molecule has 1 N–H and O–H groups in total. The SMILES string of the molecule is Cn1cc(N(CCNCC(F)F)S(=O)(=O)[N-]C(=O)Cc2c3c(cc4c2CCC4)CCC3)cn1.[Na+]. The van der Waals surface area contributed by atoms with Crippen molar-refractivity contribution in [2.24, 2.45) is 7.05 Å². The molecule has 1 aromatic carbocycles. The van der Waals surface area contributed by atoms with Gasteiger partial charge in [-0.3, -0.25) is 8.99 Å². The third kappa shape index (κ3) is 6.17. The minimum atomic E-state index is -4.38. The molecule has 0 fully saturated rings. The summed E-state index contributed by atoms with van der Waals surface area (Å²) in [5.41, 5.74) is 6.06. The van der Waals surface area contributed by atoms with Gasteiger partial charge in [-0.05, 0) is 66.3 Å². The zero-order valence-corrected chi connectivity index (χ0v) is 22.4. The average molecular weight is 504 g/mol. The first-order valence-electron chi connectivity index (χ1n) is 11.2. The molecule has 1 heterocycles. The Morgan fingerprint density at radius 2 is 1.85 bits per heavy atom. The third-order valence-corrected chi connectivity index (χ3v) is 7.58. The first-order chi connectivity index (χ1) is 15.7. The van der Waals surface area contributed by atoms with Crippen LogP contribution in [-0.4, -0.2) is 50.2 Å². The van der Waals surface area contributed by atoms with Gasteiger partial charge in [0, 0.05) is 32.8 Å². The predicted molar refractivity (Wildman–Crippen MR) is 121 cm³/mol. The first kappa shape index (κ1) is 27.1. The van der Waals surface area contributed by atoms with Crippen LogP contribution in [0.25, 0.3) is 4.72 Å². The molecule has 2 aliphatic carbocycles. The Balaban J connectivity index is 0.00000324. The van der Waals surface area contributed by atoms with Crippen molar-refractivity contribution in [1.82, 2.24) is 15.1 Å². The van der Waals surface area contributed by atoms with E-state index in [1.54, 1.807) is 7.05 Å². The molecule has 0 spiro atoms. The Morgan fingerprint density at radius 3 is 2.41 bits per heavy atom. The van der Waals surface area contributed by atoms with Crippen LogP contribution in [-0.2, 0) is 54.2 Å². The van der Waals surface area contributed by atoms with Gasteiger partial charge in [0.25, 0.3) is 6.43 Å². The number of aromatic nitrogens is 2. The fraction of sp³-hybridized carbons (Fsp3) is 0.545. The molecular formula is C22H28F2N5NaO3S. The molecule has 2 aromatic rings. The van der Waals surface area contributed by atoms with Gasteiger partial charge in [0.15, 0.2) is 10.2 Å². The number of carbonyl (C=O) groups is 1. The molecule has 0 saturated heterocycles. The van der Waals surface area contributed by atoms with Gasteiger partial charge >= 0.3 is 29.6 Å². The molecule has 2 aliphatic rings. The minimum absolute atomic E-state index is 0. The summed E-state index contributed by atoms with van der Waals surface area (Å²) in [6.07, 6.45) is 6.06. The van der Waals surface area contributed by atoms with Crippen LogP contribution in [0, 0.1) is 0 Å². The standard InChI is InChI=1S/C22H29F2N5O3S.Na/c1-28-14-17(12-26-28)29(9-8-25-13-21(23)24)33(31,32)27-22(30)11-20-18-6-2-4-15(18)10-16-5-3-7-19(16)20;/h10,12,14,21,25H,2-9,11,13H2,1H3,(H,27,30);/q;+1/p-1. The van der Waals surface area contributed by atoms with Gasteiger partial charge in [0.05, 0.1) is 24.3 Å². The topological polar surface area (TPSA) is 98.4 Å². The molecule has 0 unspecified atom stereocenters. The number of hydrogen-bond donors (Lipinski definition) is 1. The third-order valence-electron chi connectivity index (χ3n) is 6.19. The second kappa shape index (κ2) is 11.5. The maximum Gasteiger partial charge on any atom is 1.00 e. The summed E-state index contributed by atoms with van der Waals surface area (Å²) in [6.45, 7) is -0.739. The summed E-state index contributed by atoms with van der Waals surface area (Å²) in [7, 11) is -2.76. The second-order valence-electron chi connectivity index (χ2n) is 8.52. The second-order valence-corrected chi connectivity index (χ2v) is 10.0. The van der Waals surface area contributed by atoms with Gasteiger partial charge < -0.3 is 14.8 Å². The number of anilines is 1. The van der Waals surface area contributed by atoms with Crippen LogP contribution in [0.1, 0.15) is 40.7 Å². The van der Waals surface area contributed by atoms with E-state index in [1.807, 2.05) is 0 Å². The van der Waals surface area contributed by atoms with E-state index in [9.17, 15) is 22.0 Å². The van der Waals surface area contributed by atoms with Crippen LogP contribution >= 0.6 is 0 Å². The number of nitrogens with one attached hydrogen (secondary N) is 1. The van der Waals surface area contributed by atoms with E-state index in [4.69, 9.17) is 0 Å². The number of halogens is 2. The normalized spacial score (nSPS) is 14.6. The zero-order chi connectivity index (χ0) is 23.6. The quantitative estimate of drug-likeness (QED) is 0.347. The monoisotopic (exact) mass is 503 g/mol. The van der Waals surface area contributed by atoms with Crippen molar-refractivity contribution < 1.29 is 51.6 Å². The number of hydrogen-bond acceptors (Lipinski definition) is 5. The minimum Gasteiger partial charge on any atom is -0.528 e. The summed E-state index contributed by atoms with van der Waals surface area (Å²) in [6, 6.07) is 2.25. The van der Waals surface area contributed by atoms with Crippen molar-refractivity contribution in [2.75, 3.05) is 23.9 Å². The molecule has 0 bridgehead atoms. The Morgan fingerprint density at radius 1 is 1.21 bits per heavy atom. The summed E-state index contributed by atoms with van der Waals surface area (Å²) in [4.78, 5) is 12.9. The van der Waals surface area contributed by atoms with Crippen molar-refractivity contribution in [3.63, 3.8) is 0 Å². The van der Waals surface area contributed by atoms with Crippen LogP contribution in [0.15, 0.2) is 18.5 Å².